The van der Waals surface area contributed by atoms with Gasteiger partial charge in [-0.1, -0.05) is 91.8 Å². The minimum atomic E-state index is -0.336. The monoisotopic (exact) mass is 508 g/mol. The highest BCUT2D eigenvalue weighted by Crippen LogP contribution is 2.64. The van der Waals surface area contributed by atoms with Crippen molar-refractivity contribution < 1.29 is 0 Å². The third-order valence-corrected chi connectivity index (χ3v) is 14.8. The Morgan fingerprint density at radius 3 is 1.75 bits per heavy atom. The summed E-state index contributed by atoms with van der Waals surface area (Å²) in [4.78, 5) is 0. The van der Waals surface area contributed by atoms with Gasteiger partial charge in [-0.3, -0.25) is 0 Å². The van der Waals surface area contributed by atoms with Crippen LogP contribution in [0.2, 0.25) is 0 Å². The quantitative estimate of drug-likeness (QED) is 0.327. The van der Waals surface area contributed by atoms with Gasteiger partial charge in [0.2, 0.25) is 0 Å². The Balaban J connectivity index is 1.35. The zero-order valence-electron chi connectivity index (χ0n) is 21.4. The number of rotatable bonds is 7. The molecule has 2 heteroatoms. The van der Waals surface area contributed by atoms with Crippen LogP contribution in [0.5, 0.6) is 0 Å². The maximum atomic E-state index is 3.31. The van der Waals surface area contributed by atoms with Crippen LogP contribution < -0.4 is 10.6 Å². The van der Waals surface area contributed by atoms with E-state index >= 15 is 0 Å². The predicted molar refractivity (Wildman–Crippen MR) is 159 cm³/mol. The van der Waals surface area contributed by atoms with Crippen LogP contribution in [0.3, 0.4) is 0 Å². The van der Waals surface area contributed by atoms with E-state index < -0.39 is 0 Å². The molecule has 0 spiro atoms. The van der Waals surface area contributed by atoms with Gasteiger partial charge >= 0.3 is 0 Å². The van der Waals surface area contributed by atoms with E-state index in [0.29, 0.717) is 0 Å². The van der Waals surface area contributed by atoms with Crippen molar-refractivity contribution in [1.82, 2.24) is 0 Å². The van der Waals surface area contributed by atoms with Crippen LogP contribution in [0.15, 0.2) is 95.6 Å². The van der Waals surface area contributed by atoms with E-state index in [9.17, 15) is 0 Å². The van der Waals surface area contributed by atoms with Crippen LogP contribution >= 0.6 is 15.8 Å². The minimum Gasteiger partial charge on any atom is -0.0836 e. The maximum Gasteiger partial charge on any atom is -0.00346 e. The Morgan fingerprint density at radius 2 is 1.22 bits per heavy atom. The van der Waals surface area contributed by atoms with Crippen LogP contribution in [0.25, 0.3) is 0 Å². The van der Waals surface area contributed by atoms with E-state index in [1.807, 2.05) is 0 Å². The van der Waals surface area contributed by atoms with Gasteiger partial charge in [-0.05, 0) is 130 Å². The molecule has 0 saturated heterocycles. The second kappa shape index (κ2) is 11.6. The molecule has 0 aromatic heterocycles. The summed E-state index contributed by atoms with van der Waals surface area (Å²) in [6, 6.07) is 24.7. The lowest BCUT2D eigenvalue weighted by Crippen LogP contribution is -2.31. The van der Waals surface area contributed by atoms with Crippen molar-refractivity contribution in [2.75, 3.05) is 0 Å². The molecule has 0 heterocycles. The Kier molecular flexibility index (Phi) is 7.90. The molecule has 36 heavy (non-hydrogen) atoms. The van der Waals surface area contributed by atoms with Gasteiger partial charge in [0.15, 0.2) is 0 Å². The van der Waals surface area contributed by atoms with Gasteiger partial charge < -0.3 is 0 Å². The molecule has 0 N–H and O–H groups in total. The fraction of sp³-hybridized carbons (Fsp3) is 0.412. The first-order valence-corrected chi connectivity index (χ1v) is 17.0. The third kappa shape index (κ3) is 5.08. The summed E-state index contributed by atoms with van der Waals surface area (Å²) in [6.45, 7) is 0. The van der Waals surface area contributed by atoms with Crippen LogP contribution in [0.1, 0.15) is 64.2 Å². The highest BCUT2D eigenvalue weighted by molar-refractivity contribution is 7.71. The van der Waals surface area contributed by atoms with Gasteiger partial charge in [0.1, 0.15) is 0 Å². The fourth-order valence-electron chi connectivity index (χ4n) is 7.28. The highest BCUT2D eigenvalue weighted by Gasteiger charge is 2.46. The molecule has 0 amide bonds. The molecule has 2 fully saturated rings. The molecule has 184 valence electrons. The van der Waals surface area contributed by atoms with Crippen molar-refractivity contribution >= 4 is 26.5 Å². The average molecular weight is 509 g/mol. The Morgan fingerprint density at radius 1 is 0.611 bits per heavy atom. The van der Waals surface area contributed by atoms with E-state index in [1.54, 1.807) is 15.9 Å². The van der Waals surface area contributed by atoms with Crippen LogP contribution in [0, 0.1) is 24.0 Å². The molecular formula is C34H38P2. The van der Waals surface area contributed by atoms with E-state index in [0.717, 1.165) is 23.2 Å². The van der Waals surface area contributed by atoms with Gasteiger partial charge in [-0.25, -0.2) is 0 Å². The second-order valence-corrected chi connectivity index (χ2v) is 15.7. The topological polar surface area (TPSA) is 0 Å². The fourth-order valence-corrected chi connectivity index (χ4v) is 13.9. The zero-order valence-corrected chi connectivity index (χ0v) is 23.1. The van der Waals surface area contributed by atoms with Crippen molar-refractivity contribution in [3.8, 4) is 0 Å². The Labute approximate surface area is 221 Å². The van der Waals surface area contributed by atoms with Crippen molar-refractivity contribution in [3.63, 3.8) is 0 Å². The molecule has 6 atom stereocenters. The maximum absolute atomic E-state index is 3.31. The van der Waals surface area contributed by atoms with Gasteiger partial charge in [0, 0.05) is 0 Å². The summed E-state index contributed by atoms with van der Waals surface area (Å²) < 4.78 is 0. The zero-order chi connectivity index (χ0) is 24.2. The first-order chi connectivity index (χ1) is 17.9. The molecule has 0 nitrogen and oxygen atoms in total. The van der Waals surface area contributed by atoms with E-state index in [-0.39, 0.29) is 15.8 Å². The van der Waals surface area contributed by atoms with Crippen LogP contribution in [0.4, 0.5) is 0 Å². The highest BCUT2D eigenvalue weighted by atomic mass is 31.1. The number of hydrogen-bond donors (Lipinski definition) is 0. The summed E-state index contributed by atoms with van der Waals surface area (Å²) in [5.41, 5.74) is 1.63. The predicted octanol–water partition coefficient (Wildman–Crippen LogP) is 9.01. The van der Waals surface area contributed by atoms with E-state index in [4.69, 9.17) is 0 Å². The lowest BCUT2D eigenvalue weighted by Gasteiger charge is -2.39. The standard InChI is InChI=1S/C34H38P2/c1-5-15-27(16-6-1)35(28-17-7-2-8-18-28)33-25-13-23-31(33)32-24-14-26-34(32)36(29-19-9-3-10-20-29)30-21-11-4-12-22-30/h1,5-7,9,11,15-22,31-34H,2-3,8,10,13-14,23-26H2. The van der Waals surface area contributed by atoms with Gasteiger partial charge in [0.05, 0.1) is 0 Å². The summed E-state index contributed by atoms with van der Waals surface area (Å²) in [7, 11) is -0.632. The molecule has 4 aliphatic carbocycles. The SMILES string of the molecule is c1ccc(P(C2=CCCC=C2)C2CCCC2C2CCCC2P(C2=CCCC=C2)c2ccccc2)cc#1. The normalized spacial score (nSPS) is 29.3. The summed E-state index contributed by atoms with van der Waals surface area (Å²) in [5, 5.41) is 6.41. The van der Waals surface area contributed by atoms with Crippen molar-refractivity contribution in [2.24, 2.45) is 11.8 Å². The number of hydrogen-bond acceptors (Lipinski definition) is 0. The molecule has 0 bridgehead atoms. The van der Waals surface area contributed by atoms with Crippen molar-refractivity contribution in [3.05, 3.63) is 108 Å². The Bertz CT molecular complexity index is 1030. The Hall–Kier alpha value is -1.92. The lowest BCUT2D eigenvalue weighted by molar-refractivity contribution is 0.357. The molecule has 2 aromatic carbocycles. The van der Waals surface area contributed by atoms with Gasteiger partial charge in [-0.2, -0.15) is 0 Å². The summed E-state index contributed by atoms with van der Waals surface area (Å²) in [6.07, 6.45) is 28.3. The molecule has 6 rings (SSSR count). The van der Waals surface area contributed by atoms with E-state index in [2.05, 4.69) is 97.1 Å². The second-order valence-electron chi connectivity index (χ2n) is 10.8. The third-order valence-electron chi connectivity index (χ3n) is 8.74. The smallest absolute Gasteiger partial charge is 0.00346 e. The van der Waals surface area contributed by atoms with Crippen molar-refractivity contribution in [1.29, 1.82) is 0 Å². The van der Waals surface area contributed by atoms with Gasteiger partial charge in [0.25, 0.3) is 0 Å². The largest absolute Gasteiger partial charge is 0.0836 e. The lowest BCUT2D eigenvalue weighted by atomic mass is 9.89. The first-order valence-electron chi connectivity index (χ1n) is 14.1. The number of allylic oxidation sites excluding steroid dienone is 8. The minimum absolute atomic E-state index is 0.296. The molecular weight excluding hydrogens is 470 g/mol. The molecule has 4 aliphatic rings. The molecule has 2 aromatic rings. The summed E-state index contributed by atoms with van der Waals surface area (Å²) in [5.74, 6) is 1.71. The molecule has 0 radical (unpaired) electrons. The number of benzene rings is 1. The van der Waals surface area contributed by atoms with Crippen LogP contribution in [-0.4, -0.2) is 11.3 Å². The summed E-state index contributed by atoms with van der Waals surface area (Å²) >= 11 is 0. The van der Waals surface area contributed by atoms with Crippen LogP contribution in [-0.2, 0) is 0 Å². The average Bonchev–Trinajstić information content (AvgIpc) is 3.62. The van der Waals surface area contributed by atoms with E-state index in [1.165, 1.54) is 69.5 Å². The first kappa shape index (κ1) is 24.4. The molecule has 0 aliphatic heterocycles. The molecule has 6 unspecified atom stereocenters. The molecule has 2 saturated carbocycles. The van der Waals surface area contributed by atoms with Crippen molar-refractivity contribution in [2.45, 2.75) is 75.5 Å². The van der Waals surface area contributed by atoms with Gasteiger partial charge in [-0.15, -0.1) is 0 Å².